The number of para-hydroxylation sites is 1. The number of rotatable bonds is 1. The smallest absolute Gasteiger partial charge is 0.148 e. The Morgan fingerprint density at radius 3 is 2.60 bits per heavy atom. The fraction of sp³-hybridized carbons (Fsp3) is 0.591. The molecule has 2 fully saturated rings. The zero-order chi connectivity index (χ0) is 19.5. The van der Waals surface area contributed by atoms with Crippen LogP contribution in [-0.4, -0.2) is 35.0 Å². The third-order valence-electron chi connectivity index (χ3n) is 6.71. The van der Waals surface area contributed by atoms with E-state index in [1.54, 1.807) is 0 Å². The van der Waals surface area contributed by atoms with Crippen LogP contribution in [0.4, 0.5) is 0 Å². The third kappa shape index (κ3) is 3.73. The van der Waals surface area contributed by atoms with Crippen molar-refractivity contribution in [1.82, 2.24) is 20.4 Å². The predicted octanol–water partition coefficient (Wildman–Crippen LogP) is 5.03. The molecule has 8 heteroatoms. The van der Waals surface area contributed by atoms with E-state index in [4.69, 9.17) is 21.4 Å². The molecule has 0 unspecified atom stereocenters. The van der Waals surface area contributed by atoms with Crippen LogP contribution < -0.4 is 15.4 Å². The number of ether oxygens (including phenoxy) is 1. The van der Waals surface area contributed by atoms with Crippen molar-refractivity contribution in [3.05, 3.63) is 34.5 Å². The molecule has 1 spiro atoms. The normalized spacial score (nSPS) is 23.4. The predicted molar refractivity (Wildman–Crippen MR) is 127 cm³/mol. The summed E-state index contributed by atoms with van der Waals surface area (Å²) >= 11 is 6.56. The highest BCUT2D eigenvalue weighted by molar-refractivity contribution is 6.32. The van der Waals surface area contributed by atoms with Crippen LogP contribution in [0.2, 0.25) is 5.02 Å². The molecule has 2 N–H and O–H groups in total. The zero-order valence-electron chi connectivity index (χ0n) is 17.8. The van der Waals surface area contributed by atoms with Gasteiger partial charge < -0.3 is 15.4 Å². The first-order chi connectivity index (χ1) is 13.4. The zero-order valence-corrected chi connectivity index (χ0v) is 20.1. The Kier molecular flexibility index (Phi) is 6.72. The van der Waals surface area contributed by atoms with Crippen molar-refractivity contribution in [3.8, 4) is 17.0 Å². The number of halogens is 3. The van der Waals surface area contributed by atoms with Crippen molar-refractivity contribution in [2.45, 2.75) is 63.6 Å². The Hall–Kier alpha value is -0.980. The molecule has 1 aromatic carbocycles. The van der Waals surface area contributed by atoms with Gasteiger partial charge in [-0.1, -0.05) is 17.7 Å². The van der Waals surface area contributed by atoms with Crippen LogP contribution in [0, 0.1) is 6.92 Å². The molecular formula is C22H31Cl3N4O. The molecule has 0 saturated carbocycles. The van der Waals surface area contributed by atoms with Crippen LogP contribution in [0.3, 0.4) is 0 Å². The molecule has 0 amide bonds. The summed E-state index contributed by atoms with van der Waals surface area (Å²) in [6.45, 7) is 9.71. The fourth-order valence-electron chi connectivity index (χ4n) is 5.39. The van der Waals surface area contributed by atoms with E-state index < -0.39 is 0 Å². The van der Waals surface area contributed by atoms with Crippen molar-refractivity contribution >= 4 is 36.4 Å². The van der Waals surface area contributed by atoms with Crippen LogP contribution in [0.25, 0.3) is 11.3 Å². The maximum absolute atomic E-state index is 6.70. The third-order valence-corrected chi connectivity index (χ3v) is 7.01. The molecule has 1 atom stereocenters. The Labute approximate surface area is 196 Å². The second-order valence-corrected chi connectivity index (χ2v) is 9.58. The number of nitrogens with one attached hydrogen (secondary N) is 2. The molecular weight excluding hydrogens is 443 g/mol. The summed E-state index contributed by atoms with van der Waals surface area (Å²) in [5.41, 5.74) is 4.43. The molecule has 0 radical (unpaired) electrons. The molecule has 0 aliphatic carbocycles. The van der Waals surface area contributed by atoms with Gasteiger partial charge in [-0.15, -0.1) is 24.8 Å². The summed E-state index contributed by atoms with van der Waals surface area (Å²) in [7, 11) is 0. The molecule has 2 saturated heterocycles. The first-order valence-electron chi connectivity index (χ1n) is 10.4. The van der Waals surface area contributed by atoms with E-state index in [1.165, 1.54) is 11.3 Å². The summed E-state index contributed by atoms with van der Waals surface area (Å²) in [5, 5.41) is 13.0. The Morgan fingerprint density at radius 2 is 1.90 bits per heavy atom. The average molecular weight is 474 g/mol. The van der Waals surface area contributed by atoms with Crippen LogP contribution in [0.5, 0.6) is 5.75 Å². The maximum atomic E-state index is 6.70. The van der Waals surface area contributed by atoms with Gasteiger partial charge in [0, 0.05) is 35.2 Å². The number of benzene rings is 1. The summed E-state index contributed by atoms with van der Waals surface area (Å²) in [6.07, 6.45) is 4.05. The van der Waals surface area contributed by atoms with Gasteiger partial charge in [0.05, 0.1) is 11.1 Å². The number of hydrogen-bond donors (Lipinski definition) is 2. The number of piperidine rings is 2. The van der Waals surface area contributed by atoms with E-state index in [2.05, 4.69) is 42.2 Å². The minimum absolute atomic E-state index is 0. The van der Waals surface area contributed by atoms with Crippen molar-refractivity contribution < 1.29 is 4.74 Å². The lowest BCUT2D eigenvalue weighted by molar-refractivity contribution is 0.0301. The van der Waals surface area contributed by atoms with Crippen LogP contribution >= 0.6 is 36.4 Å². The van der Waals surface area contributed by atoms with E-state index in [0.29, 0.717) is 11.1 Å². The second-order valence-electron chi connectivity index (χ2n) is 9.17. The van der Waals surface area contributed by atoms with Crippen LogP contribution in [0.15, 0.2) is 18.2 Å². The Bertz CT molecular complexity index is 921. The molecule has 166 valence electrons. The Balaban J connectivity index is 0.00000128. The minimum Gasteiger partial charge on any atom is -0.480 e. The minimum atomic E-state index is -0.330. The van der Waals surface area contributed by atoms with Gasteiger partial charge in [0.25, 0.3) is 0 Å². The fourth-order valence-corrected chi connectivity index (χ4v) is 5.60. The van der Waals surface area contributed by atoms with Crippen molar-refractivity contribution in [2.75, 3.05) is 19.6 Å². The van der Waals surface area contributed by atoms with E-state index in [-0.39, 0.29) is 36.0 Å². The van der Waals surface area contributed by atoms with Crippen molar-refractivity contribution in [1.29, 1.82) is 0 Å². The Morgan fingerprint density at radius 1 is 1.17 bits per heavy atom. The van der Waals surface area contributed by atoms with Gasteiger partial charge in [0.15, 0.2) is 0 Å². The first kappa shape index (κ1) is 23.7. The number of fused-ring (bicyclic) bond motifs is 4. The number of nitrogens with zero attached hydrogens (tertiary/aromatic N) is 2. The highest BCUT2D eigenvalue weighted by Gasteiger charge is 2.46. The molecule has 4 heterocycles. The highest BCUT2D eigenvalue weighted by Crippen LogP contribution is 2.52. The molecule has 5 nitrogen and oxygen atoms in total. The second kappa shape index (κ2) is 8.51. The summed E-state index contributed by atoms with van der Waals surface area (Å²) in [5.74, 6) is 0.800. The van der Waals surface area contributed by atoms with E-state index in [0.717, 1.165) is 62.3 Å². The van der Waals surface area contributed by atoms with E-state index in [1.807, 2.05) is 12.1 Å². The summed E-state index contributed by atoms with van der Waals surface area (Å²) in [6, 6.07) is 6.41. The van der Waals surface area contributed by atoms with Crippen LogP contribution in [-0.2, 0) is 5.60 Å². The topological polar surface area (TPSA) is 51.1 Å². The number of aromatic nitrogens is 2. The van der Waals surface area contributed by atoms with Crippen LogP contribution in [0.1, 0.15) is 56.8 Å². The number of hydrogen-bond acceptors (Lipinski definition) is 4. The molecule has 1 aromatic heterocycles. The molecule has 3 aliphatic heterocycles. The van der Waals surface area contributed by atoms with E-state index in [9.17, 15) is 0 Å². The first-order valence-corrected chi connectivity index (χ1v) is 10.8. The van der Waals surface area contributed by atoms with Gasteiger partial charge in [-0.2, -0.15) is 5.10 Å². The summed E-state index contributed by atoms with van der Waals surface area (Å²) < 4.78 is 8.99. The monoisotopic (exact) mass is 472 g/mol. The molecule has 30 heavy (non-hydrogen) atoms. The quantitative estimate of drug-likeness (QED) is 0.610. The SMILES string of the molecule is Cc1c2c(nn1[C@@H]1CCNC(C)(C)C1)-c1cccc(Cl)c1OC21CCNCC1.Cl.Cl. The lowest BCUT2D eigenvalue weighted by Crippen LogP contribution is -2.47. The van der Waals surface area contributed by atoms with Gasteiger partial charge >= 0.3 is 0 Å². The molecule has 3 aliphatic rings. The van der Waals surface area contributed by atoms with Gasteiger partial charge in [-0.05, 0) is 65.4 Å². The standard InChI is InChI=1S/C22H29ClN4O.2ClH/c1-14-18-19(26-27(14)15-7-10-25-21(2,3)13-15)16-5-4-6-17(23)20(16)28-22(18)8-11-24-12-9-22;;/h4-6,15,24-25H,7-13H2,1-3H3;2*1H/t15-;;/m1../s1. The molecule has 5 rings (SSSR count). The summed E-state index contributed by atoms with van der Waals surface area (Å²) in [4.78, 5) is 0. The molecule has 2 aromatic rings. The highest BCUT2D eigenvalue weighted by atomic mass is 35.5. The lowest BCUT2D eigenvalue weighted by Gasteiger charge is -2.42. The molecule has 0 bridgehead atoms. The van der Waals surface area contributed by atoms with E-state index >= 15 is 0 Å². The van der Waals surface area contributed by atoms with Crippen molar-refractivity contribution in [2.24, 2.45) is 0 Å². The van der Waals surface area contributed by atoms with Crippen molar-refractivity contribution in [3.63, 3.8) is 0 Å². The average Bonchev–Trinajstić information content (AvgIpc) is 3.02. The van der Waals surface area contributed by atoms with Gasteiger partial charge in [0.1, 0.15) is 17.0 Å². The lowest BCUT2D eigenvalue weighted by atomic mass is 9.80. The van der Waals surface area contributed by atoms with Gasteiger partial charge in [-0.3, -0.25) is 4.68 Å². The maximum Gasteiger partial charge on any atom is 0.148 e. The van der Waals surface area contributed by atoms with Gasteiger partial charge in [0.2, 0.25) is 0 Å². The van der Waals surface area contributed by atoms with Gasteiger partial charge in [-0.25, -0.2) is 0 Å². The largest absolute Gasteiger partial charge is 0.480 e.